The molecule has 1 N–H and O–H groups in total. The van der Waals surface area contributed by atoms with Crippen molar-refractivity contribution in [3.05, 3.63) is 38.4 Å². The molecule has 1 saturated heterocycles. The third kappa shape index (κ3) is 2.08. The number of aromatic carboxylic acids is 1. The van der Waals surface area contributed by atoms with Crippen LogP contribution in [0.3, 0.4) is 0 Å². The van der Waals surface area contributed by atoms with E-state index in [9.17, 15) is 14.7 Å². The van der Waals surface area contributed by atoms with Gasteiger partial charge in [0.15, 0.2) is 0 Å². The zero-order valence-corrected chi connectivity index (χ0v) is 16.0. The number of nitrogens with zero attached hydrogens (tertiary/aromatic N) is 3. The standard InChI is InChI=1S/C19H16FN3O4S/c1-8-6-22(3-4-27-8)16-10(20)5-9-15-12(16)14(21-2)11-7-28-18(23(11)15)13(17(9)24)19(25)26/h5,7-8H,3-4,6H2,1-2H3,(H,25,26). The first-order valence-corrected chi connectivity index (χ1v) is 9.71. The molecule has 1 aromatic carbocycles. The van der Waals surface area contributed by atoms with E-state index >= 15 is 4.39 Å². The lowest BCUT2D eigenvalue weighted by Crippen LogP contribution is -2.42. The molecule has 0 bridgehead atoms. The molecule has 7 nitrogen and oxygen atoms in total. The summed E-state index contributed by atoms with van der Waals surface area (Å²) in [5.74, 6) is -1.87. The van der Waals surface area contributed by atoms with Crippen molar-refractivity contribution in [3.8, 4) is 0 Å². The van der Waals surface area contributed by atoms with Gasteiger partial charge in [-0.2, -0.15) is 0 Å². The molecule has 1 fully saturated rings. The van der Waals surface area contributed by atoms with Gasteiger partial charge in [0, 0.05) is 25.5 Å². The van der Waals surface area contributed by atoms with E-state index in [1.54, 1.807) is 16.8 Å². The third-order valence-corrected chi connectivity index (χ3v) is 6.29. The molecule has 0 saturated carbocycles. The molecule has 5 rings (SSSR count). The van der Waals surface area contributed by atoms with E-state index in [2.05, 4.69) is 4.99 Å². The minimum absolute atomic E-state index is 0.0509. The predicted octanol–water partition coefficient (Wildman–Crippen LogP) is 2.14. The Labute approximate surface area is 161 Å². The van der Waals surface area contributed by atoms with E-state index in [1.165, 1.54) is 11.3 Å². The molecule has 28 heavy (non-hydrogen) atoms. The molecular formula is C19H16FN3O4S. The summed E-state index contributed by atoms with van der Waals surface area (Å²) < 4.78 is 22.6. The molecule has 0 radical (unpaired) electrons. The maximum atomic E-state index is 15.3. The highest BCUT2D eigenvalue weighted by atomic mass is 32.1. The topological polar surface area (TPSA) is 83.6 Å². The van der Waals surface area contributed by atoms with Crippen LogP contribution in [0.15, 0.2) is 21.2 Å². The highest BCUT2D eigenvalue weighted by Crippen LogP contribution is 2.36. The van der Waals surface area contributed by atoms with Crippen LogP contribution in [0, 0.1) is 5.82 Å². The molecule has 9 heteroatoms. The van der Waals surface area contributed by atoms with E-state index in [-0.39, 0.29) is 17.1 Å². The van der Waals surface area contributed by atoms with Crippen LogP contribution in [-0.4, -0.2) is 48.3 Å². The Balaban J connectivity index is 2.02. The zero-order chi connectivity index (χ0) is 19.7. The number of anilines is 1. The summed E-state index contributed by atoms with van der Waals surface area (Å²) >= 11 is 1.18. The molecule has 3 aromatic heterocycles. The second-order valence-electron chi connectivity index (χ2n) is 6.95. The van der Waals surface area contributed by atoms with Gasteiger partial charge in [0.1, 0.15) is 16.2 Å². The van der Waals surface area contributed by atoms with Crippen molar-refractivity contribution < 1.29 is 19.0 Å². The predicted molar refractivity (Wildman–Crippen MR) is 105 cm³/mol. The summed E-state index contributed by atoms with van der Waals surface area (Å²) in [5.41, 5.74) is 0.589. The number of aromatic nitrogens is 1. The van der Waals surface area contributed by atoms with Gasteiger partial charge in [-0.15, -0.1) is 11.3 Å². The van der Waals surface area contributed by atoms with Crippen LogP contribution in [0.1, 0.15) is 17.3 Å². The number of ether oxygens (including phenoxy) is 1. The molecule has 144 valence electrons. The molecule has 1 aliphatic rings. The molecular weight excluding hydrogens is 385 g/mol. The summed E-state index contributed by atoms with van der Waals surface area (Å²) in [4.78, 5) is 31.3. The van der Waals surface area contributed by atoms with Crippen LogP contribution in [0.5, 0.6) is 0 Å². The smallest absolute Gasteiger partial charge is 0.342 e. The highest BCUT2D eigenvalue weighted by molar-refractivity contribution is 7.16. The second kappa shape index (κ2) is 5.86. The number of hydrogen-bond acceptors (Lipinski definition) is 6. The molecule has 0 amide bonds. The fourth-order valence-corrected chi connectivity index (χ4v) is 5.28. The van der Waals surface area contributed by atoms with Gasteiger partial charge < -0.3 is 14.7 Å². The molecule has 1 aliphatic heterocycles. The number of carbonyl (C=O) groups is 1. The summed E-state index contributed by atoms with van der Waals surface area (Å²) in [5, 5.41) is 12.5. The Morgan fingerprint density at radius 1 is 1.46 bits per heavy atom. The lowest BCUT2D eigenvalue weighted by Gasteiger charge is -2.33. The van der Waals surface area contributed by atoms with Gasteiger partial charge in [-0.05, 0) is 13.0 Å². The fraction of sp³-hybridized carbons (Fsp3) is 0.316. The first kappa shape index (κ1) is 17.3. The monoisotopic (exact) mass is 401 g/mol. The van der Waals surface area contributed by atoms with Gasteiger partial charge in [-0.1, -0.05) is 0 Å². The van der Waals surface area contributed by atoms with Gasteiger partial charge in [0.25, 0.3) is 0 Å². The molecule has 1 atom stereocenters. The lowest BCUT2D eigenvalue weighted by molar-refractivity contribution is 0.0531. The average molecular weight is 401 g/mol. The largest absolute Gasteiger partial charge is 0.477 e. The minimum Gasteiger partial charge on any atom is -0.477 e. The molecule has 4 aromatic rings. The second-order valence-corrected chi connectivity index (χ2v) is 7.81. The van der Waals surface area contributed by atoms with Gasteiger partial charge in [-0.25, -0.2) is 9.18 Å². The normalized spacial score (nSPS) is 18.9. The molecule has 4 heterocycles. The van der Waals surface area contributed by atoms with E-state index < -0.39 is 17.2 Å². The number of carboxylic acid groups (broad SMARTS) is 1. The summed E-state index contributed by atoms with van der Waals surface area (Å²) in [6, 6.07) is 1.16. The number of thiazole rings is 1. The number of rotatable bonds is 2. The molecule has 0 spiro atoms. The van der Waals surface area contributed by atoms with Crippen LogP contribution in [0.2, 0.25) is 0 Å². The van der Waals surface area contributed by atoms with Crippen molar-refractivity contribution in [1.82, 2.24) is 4.40 Å². The first-order chi connectivity index (χ1) is 13.4. The fourth-order valence-electron chi connectivity index (χ4n) is 4.25. The van der Waals surface area contributed by atoms with Crippen LogP contribution < -0.4 is 15.7 Å². The first-order valence-electron chi connectivity index (χ1n) is 8.83. The van der Waals surface area contributed by atoms with Crippen LogP contribution in [-0.2, 0) is 4.74 Å². The summed E-state index contributed by atoms with van der Waals surface area (Å²) in [6.45, 7) is 3.45. The van der Waals surface area contributed by atoms with Gasteiger partial charge in [0.05, 0.1) is 45.6 Å². The van der Waals surface area contributed by atoms with E-state index in [1.807, 2.05) is 11.8 Å². The maximum absolute atomic E-state index is 15.3. The van der Waals surface area contributed by atoms with Crippen molar-refractivity contribution in [1.29, 1.82) is 0 Å². The van der Waals surface area contributed by atoms with Crippen molar-refractivity contribution in [2.75, 3.05) is 31.6 Å². The lowest BCUT2D eigenvalue weighted by atomic mass is 10.1. The number of hydrogen-bond donors (Lipinski definition) is 1. The number of carboxylic acids is 1. The van der Waals surface area contributed by atoms with Crippen molar-refractivity contribution in [2.45, 2.75) is 13.0 Å². The SMILES string of the molecule is CN=c1c2c(N3CCOC(C)C3)c(F)cc3c(=O)c(C(=O)O)c4scc1n4c32. The Morgan fingerprint density at radius 3 is 2.93 bits per heavy atom. The number of benzene rings is 1. The minimum atomic E-state index is -1.32. The van der Waals surface area contributed by atoms with Gasteiger partial charge in [0.2, 0.25) is 5.43 Å². The van der Waals surface area contributed by atoms with Crippen molar-refractivity contribution in [3.63, 3.8) is 0 Å². The highest BCUT2D eigenvalue weighted by Gasteiger charge is 2.30. The Bertz CT molecular complexity index is 1380. The third-order valence-electron chi connectivity index (χ3n) is 5.34. The Morgan fingerprint density at radius 2 is 2.25 bits per heavy atom. The molecule has 0 aliphatic carbocycles. The van der Waals surface area contributed by atoms with Crippen LogP contribution in [0.25, 0.3) is 26.6 Å². The number of pyridine rings is 1. The maximum Gasteiger partial charge on any atom is 0.342 e. The molecule has 1 unspecified atom stereocenters. The van der Waals surface area contributed by atoms with Gasteiger partial charge >= 0.3 is 5.97 Å². The van der Waals surface area contributed by atoms with E-state index in [0.29, 0.717) is 52.0 Å². The Kier molecular flexibility index (Phi) is 3.62. The average Bonchev–Trinajstić information content (AvgIpc) is 3.19. The van der Waals surface area contributed by atoms with Crippen molar-refractivity contribution >= 4 is 49.6 Å². The van der Waals surface area contributed by atoms with E-state index in [4.69, 9.17) is 4.74 Å². The zero-order valence-electron chi connectivity index (χ0n) is 15.2. The summed E-state index contributed by atoms with van der Waals surface area (Å²) in [6.07, 6.45) is -0.0509. The van der Waals surface area contributed by atoms with E-state index in [0.717, 1.165) is 6.07 Å². The van der Waals surface area contributed by atoms with Crippen molar-refractivity contribution in [2.24, 2.45) is 4.99 Å². The Hall–Kier alpha value is -2.78. The van der Waals surface area contributed by atoms with Crippen LogP contribution in [0.4, 0.5) is 10.1 Å². The summed E-state index contributed by atoms with van der Waals surface area (Å²) in [7, 11) is 1.62. The number of halogens is 1. The van der Waals surface area contributed by atoms with Gasteiger partial charge in [-0.3, -0.25) is 14.2 Å². The quantitative estimate of drug-likeness (QED) is 0.556. The van der Waals surface area contributed by atoms with Crippen LogP contribution >= 0.6 is 11.3 Å². The number of morpholine rings is 1.